The zero-order valence-corrected chi connectivity index (χ0v) is 17.4. The van der Waals surface area contributed by atoms with E-state index in [4.69, 9.17) is 15.6 Å². The molecule has 174 valence electrons. The molecule has 4 N–H and O–H groups in total. The van der Waals surface area contributed by atoms with Crippen LogP contribution >= 0.6 is 0 Å². The van der Waals surface area contributed by atoms with E-state index in [1.807, 2.05) is 0 Å². The molecule has 1 saturated heterocycles. The zero-order chi connectivity index (χ0) is 24.7. The fraction of sp³-hybridized carbons (Fsp3) is 0.250. The molecule has 0 radical (unpaired) electrons. The van der Waals surface area contributed by atoms with Crippen molar-refractivity contribution in [2.75, 3.05) is 6.61 Å². The Morgan fingerprint density at radius 3 is 2.30 bits per heavy atom. The highest BCUT2D eigenvalue weighted by Gasteiger charge is 2.45. The number of hydrogen-bond donors (Lipinski definition) is 4. The van der Waals surface area contributed by atoms with Crippen LogP contribution in [0.2, 0.25) is 0 Å². The molecular weight excluding hydrogens is 432 g/mol. The number of phenolic OH excluding ortho intramolecular Hbond substituents is 1. The van der Waals surface area contributed by atoms with E-state index in [-0.39, 0.29) is 11.8 Å². The summed E-state index contributed by atoms with van der Waals surface area (Å²) in [7, 11) is 0. The SMILES string of the molecule is [2H]C(=CC(=O)OC[C@H]1OC(OC(=O)/C=C/c2ccc(O)cc2)[C@H](O)[C@@H](O)[C@@H]1O)c1ccccc1. The van der Waals surface area contributed by atoms with Gasteiger partial charge in [-0.2, -0.15) is 0 Å². The van der Waals surface area contributed by atoms with Crippen molar-refractivity contribution in [1.29, 1.82) is 0 Å². The topological polar surface area (TPSA) is 143 Å². The normalized spacial score (nSPS) is 26.0. The van der Waals surface area contributed by atoms with Gasteiger partial charge in [0.2, 0.25) is 6.29 Å². The Morgan fingerprint density at radius 2 is 1.61 bits per heavy atom. The molecule has 0 spiro atoms. The smallest absolute Gasteiger partial charge is 0.333 e. The van der Waals surface area contributed by atoms with E-state index in [2.05, 4.69) is 0 Å². The van der Waals surface area contributed by atoms with E-state index >= 15 is 0 Å². The van der Waals surface area contributed by atoms with Gasteiger partial charge in [-0.05, 0) is 35.4 Å². The minimum atomic E-state index is -1.74. The van der Waals surface area contributed by atoms with Gasteiger partial charge in [0.15, 0.2) is 0 Å². The summed E-state index contributed by atoms with van der Waals surface area (Å²) in [5.74, 6) is -1.72. The van der Waals surface area contributed by atoms with E-state index in [1.54, 1.807) is 42.5 Å². The molecule has 0 amide bonds. The molecule has 3 rings (SSSR count). The Labute approximate surface area is 191 Å². The van der Waals surface area contributed by atoms with Gasteiger partial charge in [-0.1, -0.05) is 42.5 Å². The average Bonchev–Trinajstić information content (AvgIpc) is 2.83. The number of carbonyl (C=O) groups is 2. The molecule has 0 aliphatic carbocycles. The first-order valence-electron chi connectivity index (χ1n) is 10.5. The first-order chi connectivity index (χ1) is 16.2. The number of benzene rings is 2. The highest BCUT2D eigenvalue weighted by Crippen LogP contribution is 2.23. The molecule has 1 aliphatic rings. The van der Waals surface area contributed by atoms with Crippen molar-refractivity contribution in [1.82, 2.24) is 0 Å². The number of esters is 2. The van der Waals surface area contributed by atoms with E-state index in [1.165, 1.54) is 18.2 Å². The predicted molar refractivity (Wildman–Crippen MR) is 116 cm³/mol. The van der Waals surface area contributed by atoms with Crippen LogP contribution in [0.5, 0.6) is 5.75 Å². The first kappa shape index (κ1) is 22.7. The lowest BCUT2D eigenvalue weighted by Crippen LogP contribution is -2.59. The molecule has 5 atom stereocenters. The Morgan fingerprint density at radius 1 is 0.909 bits per heavy atom. The van der Waals surface area contributed by atoms with Gasteiger partial charge >= 0.3 is 11.9 Å². The van der Waals surface area contributed by atoms with Crippen molar-refractivity contribution in [3.63, 3.8) is 0 Å². The van der Waals surface area contributed by atoms with E-state index in [9.17, 15) is 30.0 Å². The average molecular weight is 457 g/mol. The van der Waals surface area contributed by atoms with Crippen LogP contribution in [0.15, 0.2) is 66.7 Å². The molecule has 1 aliphatic heterocycles. The maximum atomic E-state index is 12.1. The third kappa shape index (κ3) is 6.99. The summed E-state index contributed by atoms with van der Waals surface area (Å²) in [6.45, 7) is -0.528. The zero-order valence-electron chi connectivity index (χ0n) is 18.4. The van der Waals surface area contributed by atoms with Crippen molar-refractivity contribution in [3.8, 4) is 5.75 Å². The second-order valence-corrected chi connectivity index (χ2v) is 7.16. The van der Waals surface area contributed by atoms with Crippen molar-refractivity contribution in [2.45, 2.75) is 30.7 Å². The van der Waals surface area contributed by atoms with Crippen molar-refractivity contribution in [3.05, 3.63) is 77.9 Å². The number of rotatable bonds is 7. The van der Waals surface area contributed by atoms with Gasteiger partial charge in [0, 0.05) is 12.2 Å². The standard InChI is InChI=1S/C24H24O9/c25-17-10-6-16(7-11-17)9-13-20(27)33-24-23(30)22(29)21(28)18(32-24)14-31-19(26)12-8-15-4-2-1-3-5-15/h1-13,18,21-25,28-30H,14H2/b12-8?,13-9+/t18-,21-,22+,23-,24?/m1/s1/i8D. The number of ether oxygens (including phenoxy) is 3. The monoisotopic (exact) mass is 457 g/mol. The lowest BCUT2D eigenvalue weighted by Gasteiger charge is -2.39. The molecule has 0 saturated carbocycles. The van der Waals surface area contributed by atoms with Crippen LogP contribution < -0.4 is 0 Å². The summed E-state index contributed by atoms with van der Waals surface area (Å²) < 4.78 is 23.3. The number of hydrogen-bond acceptors (Lipinski definition) is 9. The predicted octanol–water partition coefficient (Wildman–Crippen LogP) is 1.01. The van der Waals surface area contributed by atoms with Gasteiger partial charge in [-0.15, -0.1) is 0 Å². The highest BCUT2D eigenvalue weighted by molar-refractivity contribution is 5.87. The van der Waals surface area contributed by atoms with Crippen molar-refractivity contribution >= 4 is 24.1 Å². The fourth-order valence-corrected chi connectivity index (χ4v) is 2.94. The van der Waals surface area contributed by atoms with Gasteiger partial charge in [0.1, 0.15) is 36.8 Å². The molecule has 33 heavy (non-hydrogen) atoms. The first-order valence-corrected chi connectivity index (χ1v) is 10.0. The number of aliphatic hydroxyl groups is 3. The maximum absolute atomic E-state index is 12.1. The molecule has 9 heteroatoms. The molecule has 2 aromatic carbocycles. The van der Waals surface area contributed by atoms with E-state index < -0.39 is 49.3 Å². The van der Waals surface area contributed by atoms with Crippen LogP contribution in [-0.4, -0.2) is 69.7 Å². The largest absolute Gasteiger partial charge is 0.508 e. The van der Waals surface area contributed by atoms with Crippen LogP contribution in [0.4, 0.5) is 0 Å². The summed E-state index contributed by atoms with van der Waals surface area (Å²) in [5, 5.41) is 39.6. The number of carbonyl (C=O) groups excluding carboxylic acids is 2. The van der Waals surface area contributed by atoms with Gasteiger partial charge in [0.25, 0.3) is 0 Å². The molecule has 0 bridgehead atoms. The summed E-state index contributed by atoms with van der Waals surface area (Å²) in [5.41, 5.74) is 1.09. The van der Waals surface area contributed by atoms with Gasteiger partial charge in [0.05, 0.1) is 1.37 Å². The Balaban J connectivity index is 1.57. The van der Waals surface area contributed by atoms with Crippen LogP contribution in [0.25, 0.3) is 12.1 Å². The third-order valence-electron chi connectivity index (χ3n) is 4.73. The summed E-state index contributed by atoms with van der Waals surface area (Å²) in [6, 6.07) is 14.4. The van der Waals surface area contributed by atoms with Crippen LogP contribution in [0.1, 0.15) is 12.5 Å². The second-order valence-electron chi connectivity index (χ2n) is 7.16. The van der Waals surface area contributed by atoms with Crippen molar-refractivity contribution < 1.29 is 45.6 Å². The second kappa shape index (κ2) is 11.4. The fourth-order valence-electron chi connectivity index (χ4n) is 2.94. The number of phenols is 1. The van der Waals surface area contributed by atoms with E-state index in [0.717, 1.165) is 12.2 Å². The molecular formula is C24H24O9. The summed E-state index contributed by atoms with van der Waals surface area (Å²) in [6.07, 6.45) is -4.64. The molecule has 1 fully saturated rings. The third-order valence-corrected chi connectivity index (χ3v) is 4.73. The van der Waals surface area contributed by atoms with Crippen LogP contribution in [0, 0.1) is 0 Å². The van der Waals surface area contributed by atoms with Gasteiger partial charge in [-0.25, -0.2) is 9.59 Å². The summed E-state index contributed by atoms with van der Waals surface area (Å²) in [4.78, 5) is 24.2. The Bertz CT molecular complexity index is 1040. The minimum Gasteiger partial charge on any atom is -0.508 e. The van der Waals surface area contributed by atoms with Crippen molar-refractivity contribution in [2.24, 2.45) is 0 Å². The van der Waals surface area contributed by atoms with E-state index in [0.29, 0.717) is 11.1 Å². The van der Waals surface area contributed by atoms with Crippen LogP contribution in [0.3, 0.4) is 0 Å². The summed E-state index contributed by atoms with van der Waals surface area (Å²) >= 11 is 0. The minimum absolute atomic E-state index is 0.0623. The molecule has 9 nitrogen and oxygen atoms in total. The Kier molecular flexibility index (Phi) is 7.83. The number of aromatic hydroxyl groups is 1. The molecule has 1 heterocycles. The highest BCUT2D eigenvalue weighted by atomic mass is 16.7. The maximum Gasteiger partial charge on any atom is 0.333 e. The lowest BCUT2D eigenvalue weighted by atomic mass is 9.99. The van der Waals surface area contributed by atoms with Gasteiger partial charge in [-0.3, -0.25) is 0 Å². The lowest BCUT2D eigenvalue weighted by molar-refractivity contribution is -0.291. The quantitative estimate of drug-likeness (QED) is 0.354. The van der Waals surface area contributed by atoms with Gasteiger partial charge < -0.3 is 34.6 Å². The molecule has 2 aromatic rings. The number of aliphatic hydroxyl groups excluding tert-OH is 3. The van der Waals surface area contributed by atoms with Crippen LogP contribution in [-0.2, 0) is 23.8 Å². The Hall–Kier alpha value is -3.50. The molecule has 1 unspecified atom stereocenters. The molecule has 0 aromatic heterocycles.